The third-order valence-electron chi connectivity index (χ3n) is 4.69. The molecule has 1 aromatic heterocycles. The van der Waals surface area contributed by atoms with Gasteiger partial charge in [-0.3, -0.25) is 9.78 Å². The minimum Gasteiger partial charge on any atom is -0.495 e. The Kier molecular flexibility index (Phi) is 6.79. The minimum atomic E-state index is -0.0137. The Morgan fingerprint density at radius 3 is 2.89 bits per heavy atom. The molecule has 6 heteroatoms. The summed E-state index contributed by atoms with van der Waals surface area (Å²) in [5.41, 5.74) is 2.48. The van der Waals surface area contributed by atoms with E-state index in [1.807, 2.05) is 35.2 Å². The van der Waals surface area contributed by atoms with Crippen molar-refractivity contribution >= 4 is 5.91 Å². The van der Waals surface area contributed by atoms with Crippen molar-refractivity contribution in [1.82, 2.24) is 9.88 Å². The molecule has 0 radical (unpaired) electrons. The molecule has 1 aliphatic heterocycles. The first-order chi connectivity index (χ1) is 13.2. The van der Waals surface area contributed by atoms with Gasteiger partial charge in [0.1, 0.15) is 5.75 Å². The van der Waals surface area contributed by atoms with Gasteiger partial charge >= 0.3 is 0 Å². The highest BCUT2D eigenvalue weighted by atomic mass is 16.5. The maximum atomic E-state index is 13.1. The average molecular weight is 370 g/mol. The van der Waals surface area contributed by atoms with Crippen molar-refractivity contribution in [1.29, 1.82) is 0 Å². The zero-order valence-corrected chi connectivity index (χ0v) is 15.9. The fourth-order valence-electron chi connectivity index (χ4n) is 3.21. The topological polar surface area (TPSA) is 60.9 Å². The van der Waals surface area contributed by atoms with Crippen LogP contribution in [0.3, 0.4) is 0 Å². The lowest BCUT2D eigenvalue weighted by atomic mass is 10.0. The Morgan fingerprint density at radius 2 is 2.15 bits per heavy atom. The molecule has 1 aliphatic rings. The van der Waals surface area contributed by atoms with Crippen LogP contribution in [0, 0.1) is 0 Å². The number of carbonyl (C=O) groups excluding carboxylic acids is 1. The number of nitrogens with zero attached hydrogens (tertiary/aromatic N) is 2. The monoisotopic (exact) mass is 370 g/mol. The quantitative estimate of drug-likeness (QED) is 0.715. The van der Waals surface area contributed by atoms with Gasteiger partial charge in [-0.05, 0) is 36.6 Å². The molecule has 3 rings (SSSR count). The van der Waals surface area contributed by atoms with Crippen LogP contribution >= 0.6 is 0 Å². The van der Waals surface area contributed by atoms with E-state index < -0.39 is 0 Å². The molecular weight excluding hydrogens is 344 g/mol. The number of aromatic nitrogens is 1. The Morgan fingerprint density at radius 1 is 1.26 bits per heavy atom. The van der Waals surface area contributed by atoms with Crippen LogP contribution < -0.4 is 4.74 Å². The number of amides is 1. The van der Waals surface area contributed by atoms with E-state index in [1.165, 1.54) is 0 Å². The molecule has 0 bridgehead atoms. The van der Waals surface area contributed by atoms with E-state index >= 15 is 0 Å². The lowest BCUT2D eigenvalue weighted by Crippen LogP contribution is -2.39. The second kappa shape index (κ2) is 9.48. The van der Waals surface area contributed by atoms with Gasteiger partial charge in [-0.2, -0.15) is 0 Å². The van der Waals surface area contributed by atoms with Crippen LogP contribution in [0.4, 0.5) is 0 Å². The molecule has 2 heterocycles. The maximum absolute atomic E-state index is 13.1. The molecule has 1 saturated heterocycles. The summed E-state index contributed by atoms with van der Waals surface area (Å²) in [6.45, 7) is 2.40. The first kappa shape index (κ1) is 19.3. The molecule has 1 fully saturated rings. The van der Waals surface area contributed by atoms with Crippen LogP contribution in [0.25, 0.3) is 11.1 Å². The van der Waals surface area contributed by atoms with E-state index in [2.05, 4.69) is 4.98 Å². The number of methoxy groups -OCH3 is 2. The zero-order valence-electron chi connectivity index (χ0n) is 15.9. The largest absolute Gasteiger partial charge is 0.495 e. The predicted octanol–water partition coefficient (Wildman–Crippen LogP) is 3.02. The van der Waals surface area contributed by atoms with Crippen LogP contribution in [0.15, 0.2) is 42.7 Å². The van der Waals surface area contributed by atoms with Crippen LogP contribution in [0.5, 0.6) is 5.75 Å². The number of rotatable bonds is 8. The summed E-state index contributed by atoms with van der Waals surface area (Å²) < 4.78 is 16.1. The molecule has 0 saturated carbocycles. The summed E-state index contributed by atoms with van der Waals surface area (Å²) >= 11 is 0. The van der Waals surface area contributed by atoms with Gasteiger partial charge in [-0.1, -0.05) is 12.1 Å². The van der Waals surface area contributed by atoms with Gasteiger partial charge < -0.3 is 19.1 Å². The average Bonchev–Trinajstić information content (AvgIpc) is 3.24. The number of hydrogen-bond acceptors (Lipinski definition) is 5. The van der Waals surface area contributed by atoms with Crippen LogP contribution in [-0.2, 0) is 9.47 Å². The lowest BCUT2D eigenvalue weighted by Gasteiger charge is -2.25. The van der Waals surface area contributed by atoms with Crippen LogP contribution in [-0.4, -0.2) is 62.4 Å². The summed E-state index contributed by atoms with van der Waals surface area (Å²) in [6.07, 6.45) is 5.58. The van der Waals surface area contributed by atoms with E-state index in [0.717, 1.165) is 30.6 Å². The number of hydrogen-bond donors (Lipinski definition) is 0. The van der Waals surface area contributed by atoms with E-state index in [4.69, 9.17) is 14.2 Å². The predicted molar refractivity (Wildman–Crippen MR) is 103 cm³/mol. The normalized spacial score (nSPS) is 16.3. The Hall–Kier alpha value is -2.44. The van der Waals surface area contributed by atoms with Crippen LogP contribution in [0.1, 0.15) is 23.2 Å². The van der Waals surface area contributed by atoms with Crippen molar-refractivity contribution in [2.45, 2.75) is 18.9 Å². The Labute approximate surface area is 160 Å². The van der Waals surface area contributed by atoms with E-state index in [9.17, 15) is 4.79 Å². The number of pyridine rings is 1. The van der Waals surface area contributed by atoms with Gasteiger partial charge in [0, 0.05) is 44.1 Å². The van der Waals surface area contributed by atoms with Crippen molar-refractivity contribution in [3.8, 4) is 16.9 Å². The van der Waals surface area contributed by atoms with E-state index in [0.29, 0.717) is 31.0 Å². The van der Waals surface area contributed by atoms with Gasteiger partial charge in [0.05, 0.1) is 26.0 Å². The molecule has 144 valence electrons. The summed E-state index contributed by atoms with van der Waals surface area (Å²) in [5, 5.41) is 0. The Balaban J connectivity index is 1.80. The summed E-state index contributed by atoms with van der Waals surface area (Å²) in [4.78, 5) is 19.1. The number of benzene rings is 1. The second-order valence-electron chi connectivity index (χ2n) is 6.57. The van der Waals surface area contributed by atoms with E-state index in [-0.39, 0.29) is 12.0 Å². The van der Waals surface area contributed by atoms with Gasteiger partial charge in [-0.15, -0.1) is 0 Å². The van der Waals surface area contributed by atoms with Crippen molar-refractivity contribution in [2.75, 3.05) is 40.5 Å². The zero-order chi connectivity index (χ0) is 19.1. The lowest BCUT2D eigenvalue weighted by molar-refractivity contribution is 0.0456. The van der Waals surface area contributed by atoms with E-state index in [1.54, 1.807) is 26.6 Å². The highest BCUT2D eigenvalue weighted by molar-refractivity contribution is 5.95. The van der Waals surface area contributed by atoms with Gasteiger partial charge in [-0.25, -0.2) is 0 Å². The third kappa shape index (κ3) is 5.05. The minimum absolute atomic E-state index is 0.0137. The number of ether oxygens (including phenoxy) is 3. The maximum Gasteiger partial charge on any atom is 0.254 e. The van der Waals surface area contributed by atoms with Crippen molar-refractivity contribution < 1.29 is 19.0 Å². The summed E-state index contributed by atoms with van der Waals surface area (Å²) in [7, 11) is 3.25. The molecule has 1 aromatic carbocycles. The van der Waals surface area contributed by atoms with Crippen molar-refractivity contribution in [3.63, 3.8) is 0 Å². The van der Waals surface area contributed by atoms with Gasteiger partial charge in [0.15, 0.2) is 0 Å². The smallest absolute Gasteiger partial charge is 0.254 e. The first-order valence-corrected chi connectivity index (χ1v) is 9.20. The van der Waals surface area contributed by atoms with Crippen molar-refractivity contribution in [3.05, 3.63) is 48.3 Å². The Bertz CT molecular complexity index is 759. The molecule has 1 unspecified atom stereocenters. The molecule has 2 aromatic rings. The SMILES string of the molecule is COCCN(CC1CCCO1)C(=O)c1cccc(-c2cncc(OC)c2)c1. The van der Waals surface area contributed by atoms with Gasteiger partial charge in [0.2, 0.25) is 0 Å². The molecule has 1 amide bonds. The third-order valence-corrected chi connectivity index (χ3v) is 4.69. The first-order valence-electron chi connectivity index (χ1n) is 9.20. The fourth-order valence-corrected chi connectivity index (χ4v) is 3.21. The van der Waals surface area contributed by atoms with Gasteiger partial charge in [0.25, 0.3) is 5.91 Å². The van der Waals surface area contributed by atoms with Crippen LogP contribution in [0.2, 0.25) is 0 Å². The summed E-state index contributed by atoms with van der Waals surface area (Å²) in [5.74, 6) is 0.671. The second-order valence-corrected chi connectivity index (χ2v) is 6.57. The molecule has 0 aliphatic carbocycles. The fraction of sp³-hybridized carbons (Fsp3) is 0.429. The molecule has 1 atom stereocenters. The summed E-state index contributed by atoms with van der Waals surface area (Å²) in [6, 6.07) is 9.50. The highest BCUT2D eigenvalue weighted by Gasteiger charge is 2.23. The number of carbonyl (C=O) groups is 1. The molecule has 0 N–H and O–H groups in total. The standard InChI is InChI=1S/C21H26N2O4/c1-25-10-8-23(15-19-7-4-9-27-19)21(24)17-6-3-5-16(11-17)18-12-20(26-2)14-22-13-18/h3,5-6,11-14,19H,4,7-10,15H2,1-2H3. The molecule has 0 spiro atoms. The molecule has 27 heavy (non-hydrogen) atoms. The van der Waals surface area contributed by atoms with Crippen molar-refractivity contribution in [2.24, 2.45) is 0 Å². The highest BCUT2D eigenvalue weighted by Crippen LogP contribution is 2.24. The molecular formula is C21H26N2O4. The molecule has 6 nitrogen and oxygen atoms in total.